The monoisotopic (exact) mass is 477 g/mol. The molecule has 0 aromatic heterocycles. The number of amides is 1. The number of halogens is 1. The Bertz CT molecular complexity index is 1170. The Morgan fingerprint density at radius 2 is 1.80 bits per heavy atom. The molecule has 3 aromatic carbocycles. The van der Waals surface area contributed by atoms with E-state index < -0.39 is 17.6 Å². The summed E-state index contributed by atoms with van der Waals surface area (Å²) in [6.45, 7) is 1.38. The van der Waals surface area contributed by atoms with Gasteiger partial charge in [0.15, 0.2) is 11.6 Å². The Labute approximate surface area is 203 Å². The van der Waals surface area contributed by atoms with E-state index in [9.17, 15) is 19.1 Å². The van der Waals surface area contributed by atoms with Gasteiger partial charge in [-0.3, -0.25) is 10.2 Å². The maximum absolute atomic E-state index is 14.7. The van der Waals surface area contributed by atoms with Gasteiger partial charge in [0.2, 0.25) is 0 Å². The van der Waals surface area contributed by atoms with Crippen molar-refractivity contribution in [2.45, 2.75) is 18.7 Å². The molecule has 0 aliphatic carbocycles. The van der Waals surface area contributed by atoms with E-state index in [1.807, 2.05) is 65.6 Å². The Morgan fingerprint density at radius 3 is 2.43 bits per heavy atom. The maximum Gasteiger partial charge on any atom is 0.408 e. The van der Waals surface area contributed by atoms with Gasteiger partial charge < -0.3 is 19.5 Å². The van der Waals surface area contributed by atoms with Crippen LogP contribution in [0.4, 0.5) is 14.9 Å². The second-order valence-electron chi connectivity index (χ2n) is 8.47. The molecule has 1 heterocycles. The average molecular weight is 478 g/mol. The smallest absolute Gasteiger partial charge is 0.408 e. The first-order chi connectivity index (χ1) is 17.0. The first kappa shape index (κ1) is 24.2. The van der Waals surface area contributed by atoms with Crippen molar-refractivity contribution < 1.29 is 23.8 Å². The van der Waals surface area contributed by atoms with Gasteiger partial charge in [-0.15, -0.1) is 0 Å². The highest BCUT2D eigenvalue weighted by molar-refractivity contribution is 5.70. The minimum absolute atomic E-state index is 0.0440. The molecule has 1 saturated heterocycles. The van der Waals surface area contributed by atoms with E-state index in [-0.39, 0.29) is 18.7 Å². The normalized spacial score (nSPS) is 17.8. The molecular weight excluding hydrogens is 449 g/mol. The lowest BCUT2D eigenvalue weighted by atomic mass is 9.99. The molecule has 0 saturated carbocycles. The molecule has 0 radical (unpaired) electrons. The fraction of sp³-hybridized carbons (Fsp3) is 0.259. The number of piperazine rings is 1. The number of benzene rings is 3. The Kier molecular flexibility index (Phi) is 7.31. The summed E-state index contributed by atoms with van der Waals surface area (Å²) in [6.07, 6.45) is -0.280. The molecule has 1 atom stereocenters. The van der Waals surface area contributed by atoms with Crippen LogP contribution in [0.5, 0.6) is 5.75 Å². The predicted octanol–water partition coefficient (Wildman–Crippen LogP) is 4.38. The number of hydrogen-bond donors (Lipinski definition) is 2. The van der Waals surface area contributed by atoms with Crippen LogP contribution in [-0.4, -0.2) is 54.7 Å². The zero-order valence-corrected chi connectivity index (χ0v) is 19.5. The second-order valence-corrected chi connectivity index (χ2v) is 8.47. The number of carbonyl (C=O) groups is 2. The van der Waals surface area contributed by atoms with Crippen molar-refractivity contribution in [2.24, 2.45) is 0 Å². The van der Waals surface area contributed by atoms with Crippen LogP contribution in [0.3, 0.4) is 0 Å². The second kappa shape index (κ2) is 10.6. The van der Waals surface area contributed by atoms with Crippen molar-refractivity contribution in [3.8, 4) is 16.9 Å². The predicted molar refractivity (Wildman–Crippen MR) is 132 cm³/mol. The number of carbonyl (C=O) groups excluding carboxylic acids is 1. The molecule has 0 bridgehead atoms. The highest BCUT2D eigenvalue weighted by atomic mass is 19.1. The fourth-order valence-corrected chi connectivity index (χ4v) is 4.44. The molecule has 7 nitrogen and oxygen atoms in total. The van der Waals surface area contributed by atoms with E-state index in [0.29, 0.717) is 19.7 Å². The molecule has 1 aliphatic heterocycles. The van der Waals surface area contributed by atoms with Crippen LogP contribution in [0.1, 0.15) is 12.0 Å². The van der Waals surface area contributed by atoms with Gasteiger partial charge in [-0.05, 0) is 48.0 Å². The van der Waals surface area contributed by atoms with E-state index >= 15 is 0 Å². The molecule has 0 spiro atoms. The number of nitrogens with zero attached hydrogens (tertiary/aromatic N) is 2. The Morgan fingerprint density at radius 1 is 1.09 bits per heavy atom. The molecule has 1 aliphatic rings. The van der Waals surface area contributed by atoms with Gasteiger partial charge in [-0.1, -0.05) is 48.5 Å². The van der Waals surface area contributed by atoms with Crippen LogP contribution in [0.25, 0.3) is 11.1 Å². The summed E-state index contributed by atoms with van der Waals surface area (Å²) in [5, 5.41) is 12.6. The molecular formula is C27H28FN3O4. The summed E-state index contributed by atoms with van der Waals surface area (Å²) < 4.78 is 20.3. The lowest BCUT2D eigenvalue weighted by molar-refractivity contribution is -0.110. The van der Waals surface area contributed by atoms with Gasteiger partial charge in [0.1, 0.15) is 18.6 Å². The van der Waals surface area contributed by atoms with E-state index in [0.717, 1.165) is 28.7 Å². The number of anilines is 1. The number of nitrogens with one attached hydrogen (secondary N) is 1. The third kappa shape index (κ3) is 5.27. The quantitative estimate of drug-likeness (QED) is 0.469. The number of carboxylic acid groups (broad SMARTS) is 1. The van der Waals surface area contributed by atoms with E-state index in [2.05, 4.69) is 5.32 Å². The summed E-state index contributed by atoms with van der Waals surface area (Å²) in [4.78, 5) is 26.4. The number of aldehydes is 1. The Hall–Kier alpha value is -3.91. The van der Waals surface area contributed by atoms with Crippen LogP contribution in [-0.2, 0) is 11.4 Å². The molecule has 1 fully saturated rings. The summed E-state index contributed by atoms with van der Waals surface area (Å²) in [6, 6.07) is 22.1. The molecule has 1 unspecified atom stereocenters. The molecule has 1 amide bonds. The van der Waals surface area contributed by atoms with E-state index in [1.54, 1.807) is 13.1 Å². The third-order valence-electron chi connectivity index (χ3n) is 6.41. The molecule has 35 heavy (non-hydrogen) atoms. The standard InChI is InChI=1S/C27H28FN3O4/c1-29-27(13-16-32)19-30(14-15-31(27)26(33)34)23-10-7-21(8-11-23)22-9-12-25(24(28)17-22)35-18-20-5-3-2-4-6-20/h2-12,16-17,29H,13-15,18-19H2,1H3,(H,33,34). The highest BCUT2D eigenvalue weighted by Crippen LogP contribution is 2.30. The lowest BCUT2D eigenvalue weighted by Gasteiger charge is -2.49. The van der Waals surface area contributed by atoms with E-state index in [4.69, 9.17) is 4.74 Å². The SMILES string of the molecule is CNC1(CC=O)CN(c2ccc(-c3ccc(OCc4ccccc4)c(F)c3)cc2)CCN1C(=O)O. The number of rotatable bonds is 8. The minimum Gasteiger partial charge on any atom is -0.486 e. The first-order valence-corrected chi connectivity index (χ1v) is 11.4. The zero-order chi connectivity index (χ0) is 24.8. The molecule has 3 aromatic rings. The molecule has 2 N–H and O–H groups in total. The topological polar surface area (TPSA) is 82.1 Å². The molecule has 8 heteroatoms. The van der Waals surface area contributed by atoms with Gasteiger partial charge in [-0.25, -0.2) is 9.18 Å². The van der Waals surface area contributed by atoms with Crippen molar-refractivity contribution in [2.75, 3.05) is 31.6 Å². The van der Waals surface area contributed by atoms with Crippen molar-refractivity contribution in [3.63, 3.8) is 0 Å². The summed E-state index contributed by atoms with van der Waals surface area (Å²) in [5.41, 5.74) is 2.43. The van der Waals surface area contributed by atoms with Crippen LogP contribution < -0.4 is 15.0 Å². The van der Waals surface area contributed by atoms with Gasteiger partial charge in [0, 0.05) is 25.2 Å². The largest absolute Gasteiger partial charge is 0.486 e. The van der Waals surface area contributed by atoms with Crippen LogP contribution >= 0.6 is 0 Å². The zero-order valence-electron chi connectivity index (χ0n) is 19.5. The van der Waals surface area contributed by atoms with Crippen molar-refractivity contribution >= 4 is 18.1 Å². The third-order valence-corrected chi connectivity index (χ3v) is 6.41. The van der Waals surface area contributed by atoms with Gasteiger partial charge >= 0.3 is 6.09 Å². The minimum atomic E-state index is -1.06. The van der Waals surface area contributed by atoms with Gasteiger partial charge in [0.05, 0.1) is 6.54 Å². The number of ether oxygens (including phenoxy) is 1. The van der Waals surface area contributed by atoms with Crippen molar-refractivity contribution in [1.29, 1.82) is 0 Å². The van der Waals surface area contributed by atoms with Crippen molar-refractivity contribution in [1.82, 2.24) is 10.2 Å². The summed E-state index contributed by atoms with van der Waals surface area (Å²) in [5.74, 6) is -0.232. The Balaban J connectivity index is 1.47. The summed E-state index contributed by atoms with van der Waals surface area (Å²) in [7, 11) is 1.66. The van der Waals surface area contributed by atoms with Gasteiger partial charge in [-0.2, -0.15) is 0 Å². The summed E-state index contributed by atoms with van der Waals surface area (Å²) >= 11 is 0. The number of hydrogen-bond acceptors (Lipinski definition) is 5. The number of likely N-dealkylation sites (N-methyl/N-ethyl adjacent to an activating group) is 1. The lowest BCUT2D eigenvalue weighted by Crippen LogP contribution is -2.69. The molecule has 182 valence electrons. The van der Waals surface area contributed by atoms with Gasteiger partial charge in [0.25, 0.3) is 0 Å². The van der Waals surface area contributed by atoms with Crippen molar-refractivity contribution in [3.05, 3.63) is 84.2 Å². The van der Waals surface area contributed by atoms with Crippen LogP contribution in [0, 0.1) is 5.82 Å². The maximum atomic E-state index is 14.7. The van der Waals surface area contributed by atoms with E-state index in [1.165, 1.54) is 11.0 Å². The molecule has 4 rings (SSSR count). The fourth-order valence-electron chi connectivity index (χ4n) is 4.44. The first-order valence-electron chi connectivity index (χ1n) is 11.4. The van der Waals surface area contributed by atoms with Crippen LogP contribution in [0.2, 0.25) is 0 Å². The average Bonchev–Trinajstić information content (AvgIpc) is 2.88. The van der Waals surface area contributed by atoms with Crippen LogP contribution in [0.15, 0.2) is 72.8 Å². The highest BCUT2D eigenvalue weighted by Gasteiger charge is 2.43.